The van der Waals surface area contributed by atoms with E-state index in [1.54, 1.807) is 12.3 Å². The number of amides is 1. The lowest BCUT2D eigenvalue weighted by Crippen LogP contribution is -2.32. The molecule has 0 saturated carbocycles. The third kappa shape index (κ3) is 3.84. The van der Waals surface area contributed by atoms with Crippen molar-refractivity contribution in [3.63, 3.8) is 0 Å². The molecule has 2 rings (SSSR count). The molecule has 0 aliphatic rings. The summed E-state index contributed by atoms with van der Waals surface area (Å²) < 4.78 is 0. The molecule has 0 unspecified atom stereocenters. The molecule has 0 radical (unpaired) electrons. The monoisotopic (exact) mass is 286 g/mol. The summed E-state index contributed by atoms with van der Waals surface area (Å²) in [5.41, 5.74) is 0.627. The Hall–Kier alpha value is -1.81. The van der Waals surface area contributed by atoms with Crippen molar-refractivity contribution in [3.05, 3.63) is 54.2 Å². The van der Waals surface area contributed by atoms with Gasteiger partial charge < -0.3 is 5.32 Å². The first-order valence-corrected chi connectivity index (χ1v) is 7.51. The van der Waals surface area contributed by atoms with Gasteiger partial charge in [-0.2, -0.15) is 0 Å². The lowest BCUT2D eigenvalue weighted by molar-refractivity contribution is 0.0935. The minimum Gasteiger partial charge on any atom is -0.350 e. The molecular formula is C16H18N2OS. The summed E-state index contributed by atoms with van der Waals surface area (Å²) in [6, 6.07) is 13.7. The Kier molecular flexibility index (Phi) is 5.18. The minimum atomic E-state index is -0.0640. The zero-order chi connectivity index (χ0) is 14.4. The number of hydrogen-bond donors (Lipinski definition) is 1. The topological polar surface area (TPSA) is 42.0 Å². The van der Waals surface area contributed by atoms with Gasteiger partial charge in [-0.25, -0.2) is 4.98 Å². The Labute approximate surface area is 123 Å². The van der Waals surface area contributed by atoms with Gasteiger partial charge in [0.1, 0.15) is 5.03 Å². The molecule has 0 saturated heterocycles. The molecule has 4 heteroatoms. The van der Waals surface area contributed by atoms with E-state index < -0.39 is 0 Å². The highest BCUT2D eigenvalue weighted by Crippen LogP contribution is 2.28. The van der Waals surface area contributed by atoms with Crippen molar-refractivity contribution in [2.45, 2.75) is 36.2 Å². The van der Waals surface area contributed by atoms with Crippen LogP contribution in [0.4, 0.5) is 0 Å². The highest BCUT2D eigenvalue weighted by atomic mass is 32.2. The lowest BCUT2D eigenvalue weighted by atomic mass is 10.2. The van der Waals surface area contributed by atoms with Gasteiger partial charge in [0.25, 0.3) is 5.91 Å². The molecular weight excluding hydrogens is 268 g/mol. The number of rotatable bonds is 5. The molecule has 0 aliphatic carbocycles. The van der Waals surface area contributed by atoms with Crippen LogP contribution in [0.15, 0.2) is 58.6 Å². The van der Waals surface area contributed by atoms with Gasteiger partial charge in [0.2, 0.25) is 0 Å². The van der Waals surface area contributed by atoms with Gasteiger partial charge in [-0.3, -0.25) is 4.79 Å². The first-order valence-electron chi connectivity index (χ1n) is 6.69. The number of carbonyl (C=O) groups excluding carboxylic acids is 1. The number of nitrogens with zero attached hydrogens (tertiary/aromatic N) is 1. The number of benzene rings is 1. The van der Waals surface area contributed by atoms with Gasteiger partial charge >= 0.3 is 0 Å². The second kappa shape index (κ2) is 7.10. The number of pyridine rings is 1. The largest absolute Gasteiger partial charge is 0.350 e. The molecule has 104 valence electrons. The van der Waals surface area contributed by atoms with Crippen LogP contribution in [0.3, 0.4) is 0 Å². The van der Waals surface area contributed by atoms with Crippen LogP contribution < -0.4 is 5.32 Å². The fraction of sp³-hybridized carbons (Fsp3) is 0.250. The summed E-state index contributed by atoms with van der Waals surface area (Å²) in [6.07, 6.45) is 2.62. The maximum atomic E-state index is 12.3. The van der Waals surface area contributed by atoms with E-state index in [1.807, 2.05) is 50.2 Å². The first-order chi connectivity index (χ1) is 9.70. The Bertz CT molecular complexity index is 572. The zero-order valence-electron chi connectivity index (χ0n) is 11.7. The summed E-state index contributed by atoms with van der Waals surface area (Å²) in [7, 11) is 0. The van der Waals surface area contributed by atoms with Gasteiger partial charge in [-0.05, 0) is 37.6 Å². The summed E-state index contributed by atoms with van der Waals surface area (Å²) in [5.74, 6) is -0.0640. The molecule has 0 spiro atoms. The number of hydrogen-bond acceptors (Lipinski definition) is 3. The Morgan fingerprint density at radius 3 is 2.70 bits per heavy atom. The fourth-order valence-corrected chi connectivity index (χ4v) is 2.55. The van der Waals surface area contributed by atoms with Crippen molar-refractivity contribution in [1.29, 1.82) is 0 Å². The van der Waals surface area contributed by atoms with Crippen LogP contribution in [-0.4, -0.2) is 16.9 Å². The van der Waals surface area contributed by atoms with E-state index in [2.05, 4.69) is 10.3 Å². The highest BCUT2D eigenvalue weighted by molar-refractivity contribution is 7.99. The molecule has 1 atom stereocenters. The highest BCUT2D eigenvalue weighted by Gasteiger charge is 2.14. The molecule has 1 aromatic heterocycles. The van der Waals surface area contributed by atoms with Crippen LogP contribution in [0.1, 0.15) is 30.6 Å². The van der Waals surface area contributed by atoms with Crippen molar-refractivity contribution in [1.82, 2.24) is 10.3 Å². The van der Waals surface area contributed by atoms with Gasteiger partial charge in [0.15, 0.2) is 0 Å². The van der Waals surface area contributed by atoms with E-state index in [4.69, 9.17) is 0 Å². The van der Waals surface area contributed by atoms with E-state index >= 15 is 0 Å². The quantitative estimate of drug-likeness (QED) is 0.910. The van der Waals surface area contributed by atoms with Crippen LogP contribution in [0.5, 0.6) is 0 Å². The molecule has 2 aromatic rings. The van der Waals surface area contributed by atoms with Crippen LogP contribution in [0, 0.1) is 0 Å². The summed E-state index contributed by atoms with van der Waals surface area (Å²) in [6.45, 7) is 4.05. The normalized spacial score (nSPS) is 11.9. The minimum absolute atomic E-state index is 0.0640. The molecule has 3 nitrogen and oxygen atoms in total. The van der Waals surface area contributed by atoms with E-state index in [0.717, 1.165) is 16.3 Å². The maximum Gasteiger partial charge on any atom is 0.254 e. The Morgan fingerprint density at radius 1 is 1.25 bits per heavy atom. The van der Waals surface area contributed by atoms with Gasteiger partial charge in [0.05, 0.1) is 5.56 Å². The number of nitrogens with one attached hydrogen (secondary N) is 1. The summed E-state index contributed by atoms with van der Waals surface area (Å²) in [5, 5.41) is 3.72. The lowest BCUT2D eigenvalue weighted by Gasteiger charge is -2.13. The predicted molar refractivity (Wildman–Crippen MR) is 82.0 cm³/mol. The molecule has 1 N–H and O–H groups in total. The number of carbonyl (C=O) groups is 1. The third-order valence-electron chi connectivity index (χ3n) is 2.96. The second-order valence-corrected chi connectivity index (χ2v) is 5.62. The maximum absolute atomic E-state index is 12.3. The van der Waals surface area contributed by atoms with Crippen molar-refractivity contribution >= 4 is 17.7 Å². The van der Waals surface area contributed by atoms with Crippen molar-refractivity contribution in [3.8, 4) is 0 Å². The van der Waals surface area contributed by atoms with E-state index in [1.165, 1.54) is 11.8 Å². The van der Waals surface area contributed by atoms with Crippen LogP contribution in [0.25, 0.3) is 0 Å². The van der Waals surface area contributed by atoms with Gasteiger partial charge in [-0.1, -0.05) is 36.9 Å². The molecule has 1 amide bonds. The van der Waals surface area contributed by atoms with Gasteiger partial charge in [-0.15, -0.1) is 0 Å². The van der Waals surface area contributed by atoms with Crippen LogP contribution >= 0.6 is 11.8 Å². The zero-order valence-corrected chi connectivity index (χ0v) is 12.5. The predicted octanol–water partition coefficient (Wildman–Crippen LogP) is 3.76. The van der Waals surface area contributed by atoms with Crippen LogP contribution in [0.2, 0.25) is 0 Å². The smallest absolute Gasteiger partial charge is 0.254 e. The standard InChI is InChI=1S/C16H18N2OS/c1-3-12(2)18-15(19)14-10-7-11-17-16(14)20-13-8-5-4-6-9-13/h4-12H,3H2,1-2H3,(H,18,19)/t12-/m0/s1. The third-order valence-corrected chi connectivity index (χ3v) is 3.99. The van der Waals surface area contributed by atoms with Gasteiger partial charge in [0, 0.05) is 17.1 Å². The fourth-order valence-electron chi connectivity index (χ4n) is 1.65. The van der Waals surface area contributed by atoms with Crippen LogP contribution in [-0.2, 0) is 0 Å². The van der Waals surface area contributed by atoms with E-state index in [0.29, 0.717) is 5.56 Å². The van der Waals surface area contributed by atoms with Crippen molar-refractivity contribution < 1.29 is 4.79 Å². The average molecular weight is 286 g/mol. The second-order valence-electron chi connectivity index (χ2n) is 4.55. The molecule has 0 aliphatic heterocycles. The molecule has 0 fully saturated rings. The van der Waals surface area contributed by atoms with Crippen molar-refractivity contribution in [2.75, 3.05) is 0 Å². The van der Waals surface area contributed by atoms with Crippen molar-refractivity contribution in [2.24, 2.45) is 0 Å². The SMILES string of the molecule is CC[C@H](C)NC(=O)c1cccnc1Sc1ccccc1. The Balaban J connectivity index is 2.20. The first kappa shape index (κ1) is 14.6. The molecule has 1 heterocycles. The van der Waals surface area contributed by atoms with E-state index in [-0.39, 0.29) is 11.9 Å². The van der Waals surface area contributed by atoms with E-state index in [9.17, 15) is 4.79 Å². The molecule has 1 aromatic carbocycles. The Morgan fingerprint density at radius 2 is 2.00 bits per heavy atom. The number of aromatic nitrogens is 1. The molecule has 20 heavy (non-hydrogen) atoms. The summed E-state index contributed by atoms with van der Waals surface area (Å²) >= 11 is 1.51. The summed E-state index contributed by atoms with van der Waals surface area (Å²) in [4.78, 5) is 17.7. The molecule has 0 bridgehead atoms. The average Bonchev–Trinajstić information content (AvgIpc) is 2.48.